The molecule has 0 bridgehead atoms. The molecule has 10 heteroatoms. The van der Waals surface area contributed by atoms with E-state index in [0.29, 0.717) is 33.8 Å². The van der Waals surface area contributed by atoms with Gasteiger partial charge in [0, 0.05) is 22.3 Å². The van der Waals surface area contributed by atoms with Crippen molar-refractivity contribution in [3.05, 3.63) is 111 Å². The van der Waals surface area contributed by atoms with Gasteiger partial charge in [0.05, 0.1) is 18.2 Å². The molecule has 1 amide bonds. The predicted molar refractivity (Wildman–Crippen MR) is 170 cm³/mol. The Kier molecular flexibility index (Phi) is 10.0. The minimum atomic E-state index is -1.03. The number of carbonyl (C=O) groups is 3. The van der Waals surface area contributed by atoms with Gasteiger partial charge in [-0.2, -0.15) is 0 Å². The number of Topliss-reactive ketones (excluding diaryl/α,β-unsaturated/α-hetero) is 1. The molecule has 0 aliphatic rings. The second-order valence-electron chi connectivity index (χ2n) is 11.2. The molecule has 9 nitrogen and oxygen atoms in total. The molecule has 1 aromatic heterocycles. The highest BCUT2D eigenvalue weighted by molar-refractivity contribution is 6.31. The number of hydrogen-bond donors (Lipinski definition) is 1. The molecule has 4 aromatic rings. The fourth-order valence-corrected chi connectivity index (χ4v) is 4.80. The van der Waals surface area contributed by atoms with E-state index in [0.717, 1.165) is 10.2 Å². The molecule has 1 N–H and O–H groups in total. The second kappa shape index (κ2) is 13.7. The summed E-state index contributed by atoms with van der Waals surface area (Å²) in [6, 6.07) is 20.9. The minimum Gasteiger partial charge on any atom is -0.480 e. The zero-order chi connectivity index (χ0) is 32.0. The number of aryl methyl sites for hydroxylation is 1. The number of methoxy groups -OCH3 is 1. The summed E-state index contributed by atoms with van der Waals surface area (Å²) in [5, 5.41) is 7.66. The first-order valence-electron chi connectivity index (χ1n) is 14.0. The molecule has 0 spiro atoms. The summed E-state index contributed by atoms with van der Waals surface area (Å²) in [6.07, 6.45) is 0.731. The predicted octanol–water partition coefficient (Wildman–Crippen LogP) is 6.54. The summed E-state index contributed by atoms with van der Waals surface area (Å²) in [5.41, 5.74) is 1.55. The maximum atomic E-state index is 13.7. The van der Waals surface area contributed by atoms with E-state index in [-0.39, 0.29) is 23.6 Å². The molecule has 0 unspecified atom stereocenters. The van der Waals surface area contributed by atoms with Crippen LogP contribution >= 0.6 is 11.6 Å². The second-order valence-corrected chi connectivity index (χ2v) is 11.6. The monoisotopic (exact) mass is 615 g/mol. The van der Waals surface area contributed by atoms with Crippen LogP contribution in [0.1, 0.15) is 66.4 Å². The number of halogens is 1. The Hall–Kier alpha value is -4.76. The van der Waals surface area contributed by atoms with E-state index in [4.69, 9.17) is 21.1 Å². The Morgan fingerprint density at radius 1 is 0.955 bits per heavy atom. The van der Waals surface area contributed by atoms with Crippen LogP contribution in [0.15, 0.2) is 83.7 Å². The van der Waals surface area contributed by atoms with Gasteiger partial charge in [0.2, 0.25) is 11.8 Å². The minimum absolute atomic E-state index is 0.0496. The maximum absolute atomic E-state index is 13.7. The van der Waals surface area contributed by atoms with E-state index in [1.807, 2.05) is 30.3 Å². The summed E-state index contributed by atoms with van der Waals surface area (Å²) in [6.45, 7) is 6.76. The lowest BCUT2D eigenvalue weighted by atomic mass is 9.98. The van der Waals surface area contributed by atoms with Crippen LogP contribution in [-0.4, -0.2) is 40.2 Å². The maximum Gasteiger partial charge on any atom is 0.338 e. The van der Waals surface area contributed by atoms with Crippen LogP contribution in [-0.2, 0) is 16.0 Å². The Morgan fingerprint density at radius 3 is 2.25 bits per heavy atom. The van der Waals surface area contributed by atoms with Crippen molar-refractivity contribution in [3.63, 3.8) is 0 Å². The van der Waals surface area contributed by atoms with Crippen molar-refractivity contribution in [1.29, 1.82) is 0 Å². The SMILES string of the molecule is COc1nn([C@@H](CCc2ccccc2)C(=O)Nc2ccc(C(=O)OC(C)(C)C)cc2)c(=O)cc1-c1cc(Cl)ccc1C(C)=O. The van der Waals surface area contributed by atoms with Gasteiger partial charge < -0.3 is 14.8 Å². The zero-order valence-electron chi connectivity index (χ0n) is 25.2. The molecule has 228 valence electrons. The molecule has 4 rings (SSSR count). The van der Waals surface area contributed by atoms with Crippen LogP contribution in [0.2, 0.25) is 5.02 Å². The molecule has 0 saturated heterocycles. The van der Waals surface area contributed by atoms with Crippen LogP contribution in [0.4, 0.5) is 5.69 Å². The number of hydrogen-bond acceptors (Lipinski definition) is 7. The summed E-state index contributed by atoms with van der Waals surface area (Å²) in [5.74, 6) is -1.14. The van der Waals surface area contributed by atoms with Crippen LogP contribution < -0.4 is 15.6 Å². The number of amides is 1. The van der Waals surface area contributed by atoms with E-state index in [1.54, 1.807) is 63.2 Å². The Morgan fingerprint density at radius 2 is 1.64 bits per heavy atom. The van der Waals surface area contributed by atoms with Crippen LogP contribution in [0.5, 0.6) is 5.88 Å². The summed E-state index contributed by atoms with van der Waals surface area (Å²) >= 11 is 6.23. The van der Waals surface area contributed by atoms with Gasteiger partial charge >= 0.3 is 5.97 Å². The average molecular weight is 616 g/mol. The molecule has 0 aliphatic carbocycles. The quantitative estimate of drug-likeness (QED) is 0.159. The number of anilines is 1. The van der Waals surface area contributed by atoms with Crippen molar-refractivity contribution in [3.8, 4) is 17.0 Å². The van der Waals surface area contributed by atoms with E-state index in [1.165, 1.54) is 20.1 Å². The van der Waals surface area contributed by atoms with Gasteiger partial charge in [-0.15, -0.1) is 5.10 Å². The van der Waals surface area contributed by atoms with Gasteiger partial charge in [0.15, 0.2) is 5.78 Å². The van der Waals surface area contributed by atoms with Crippen molar-refractivity contribution >= 4 is 34.9 Å². The van der Waals surface area contributed by atoms with Gasteiger partial charge in [-0.3, -0.25) is 14.4 Å². The van der Waals surface area contributed by atoms with Crippen LogP contribution in [0.3, 0.4) is 0 Å². The van der Waals surface area contributed by atoms with Gasteiger partial charge in [-0.1, -0.05) is 41.9 Å². The first kappa shape index (κ1) is 32.2. The highest BCUT2D eigenvalue weighted by Gasteiger charge is 2.26. The Bertz CT molecular complexity index is 1730. The normalized spacial score (nSPS) is 11.9. The molecular weight excluding hydrogens is 582 g/mol. The fraction of sp³-hybridized carbons (Fsp3) is 0.265. The molecular formula is C34H34ClN3O6. The highest BCUT2D eigenvalue weighted by atomic mass is 35.5. The van der Waals surface area contributed by atoms with Crippen molar-refractivity contribution in [2.45, 2.75) is 52.2 Å². The Balaban J connectivity index is 1.70. The highest BCUT2D eigenvalue weighted by Crippen LogP contribution is 2.33. The van der Waals surface area contributed by atoms with E-state index < -0.39 is 29.1 Å². The van der Waals surface area contributed by atoms with Crippen molar-refractivity contribution in [1.82, 2.24) is 9.78 Å². The molecule has 3 aromatic carbocycles. The fourth-order valence-electron chi connectivity index (χ4n) is 4.63. The number of ether oxygens (including phenoxy) is 2. The smallest absolute Gasteiger partial charge is 0.338 e. The third kappa shape index (κ3) is 7.99. The first-order valence-corrected chi connectivity index (χ1v) is 14.4. The zero-order valence-corrected chi connectivity index (χ0v) is 26.0. The summed E-state index contributed by atoms with van der Waals surface area (Å²) in [7, 11) is 1.39. The van der Waals surface area contributed by atoms with Gasteiger partial charge in [-0.25, -0.2) is 9.48 Å². The molecule has 44 heavy (non-hydrogen) atoms. The lowest BCUT2D eigenvalue weighted by Gasteiger charge is -2.21. The molecule has 0 aliphatic heterocycles. The van der Waals surface area contributed by atoms with Crippen LogP contribution in [0, 0.1) is 0 Å². The van der Waals surface area contributed by atoms with E-state index in [9.17, 15) is 19.2 Å². The number of rotatable bonds is 10. The number of nitrogens with one attached hydrogen (secondary N) is 1. The van der Waals surface area contributed by atoms with Crippen LogP contribution in [0.25, 0.3) is 11.1 Å². The van der Waals surface area contributed by atoms with E-state index >= 15 is 0 Å². The van der Waals surface area contributed by atoms with Crippen molar-refractivity contribution < 1.29 is 23.9 Å². The number of aromatic nitrogens is 2. The average Bonchev–Trinajstić information content (AvgIpc) is 2.97. The Labute approximate surface area is 260 Å². The molecule has 1 atom stereocenters. The molecule has 0 radical (unpaired) electrons. The van der Waals surface area contributed by atoms with Crippen molar-refractivity contribution in [2.24, 2.45) is 0 Å². The molecule has 1 heterocycles. The number of nitrogens with zero attached hydrogens (tertiary/aromatic N) is 2. The first-order chi connectivity index (χ1) is 20.9. The standard InChI is InChI=1S/C34H34ClN3O6/c1-21(39)26-17-14-24(35)19-27(26)28-20-30(40)38(37-32(28)43-5)29(18-11-22-9-7-6-8-10-22)31(41)36-25-15-12-23(13-16-25)33(42)44-34(2,3)4/h6-10,12-17,19-20,29H,11,18H2,1-5H3,(H,36,41)/t29-/m0/s1. The lowest BCUT2D eigenvalue weighted by molar-refractivity contribution is -0.119. The van der Waals surface area contributed by atoms with E-state index in [2.05, 4.69) is 10.4 Å². The summed E-state index contributed by atoms with van der Waals surface area (Å²) < 4.78 is 12.0. The molecule has 0 saturated carbocycles. The van der Waals surface area contributed by atoms with Crippen molar-refractivity contribution in [2.75, 3.05) is 12.4 Å². The third-order valence-electron chi connectivity index (χ3n) is 6.70. The number of esters is 1. The van der Waals surface area contributed by atoms with Gasteiger partial charge in [0.25, 0.3) is 5.56 Å². The number of ketones is 1. The van der Waals surface area contributed by atoms with Gasteiger partial charge in [0.1, 0.15) is 11.6 Å². The summed E-state index contributed by atoms with van der Waals surface area (Å²) in [4.78, 5) is 52.1. The van der Waals surface area contributed by atoms with Gasteiger partial charge in [-0.05, 0) is 94.1 Å². The lowest BCUT2D eigenvalue weighted by Crippen LogP contribution is -2.35. The largest absolute Gasteiger partial charge is 0.480 e. The molecule has 0 fully saturated rings. The number of benzene rings is 3. The topological polar surface area (TPSA) is 117 Å². The third-order valence-corrected chi connectivity index (χ3v) is 6.94. The number of carbonyl (C=O) groups excluding carboxylic acids is 3.